The molecule has 0 heterocycles. The van der Waals surface area contributed by atoms with Gasteiger partial charge in [0.25, 0.3) is 5.91 Å². The zero-order chi connectivity index (χ0) is 15.2. The number of nitrogens with one attached hydrogen (secondary N) is 1. The van der Waals surface area contributed by atoms with E-state index in [2.05, 4.69) is 0 Å². The molecule has 0 bridgehead atoms. The zero-order valence-corrected chi connectivity index (χ0v) is 11.7. The molecule has 110 valence electrons. The number of hydrazine groups is 1. The highest BCUT2D eigenvalue weighted by Gasteiger charge is 2.10. The number of ether oxygens (including phenoxy) is 1. The summed E-state index contributed by atoms with van der Waals surface area (Å²) in [5.41, 5.74) is 3.67. The fourth-order valence-electron chi connectivity index (χ4n) is 2.00. The number of nitrogen functional groups attached to an aromatic ring is 1. The molecule has 0 unspecified atom stereocenters. The fraction of sp³-hybridized carbons (Fsp3) is 0.188. The Morgan fingerprint density at radius 2 is 2.00 bits per heavy atom. The molecule has 0 aromatic heterocycles. The standard InChI is InChI=1S/C16H17FN2O2/c1-2-11-5-3-4-6-15(11)21-10-13-9-12(16(20)19-18)7-8-14(13)17/h3-9H,2,10,18H2,1H3,(H,19,20). The molecule has 0 aliphatic heterocycles. The molecular weight excluding hydrogens is 271 g/mol. The van der Waals surface area contributed by atoms with Crippen molar-refractivity contribution >= 4 is 5.91 Å². The number of amides is 1. The first kappa shape index (κ1) is 15.0. The van der Waals surface area contributed by atoms with E-state index in [4.69, 9.17) is 10.6 Å². The zero-order valence-electron chi connectivity index (χ0n) is 11.7. The summed E-state index contributed by atoms with van der Waals surface area (Å²) in [5.74, 6) is 4.90. The minimum Gasteiger partial charge on any atom is -0.489 e. The van der Waals surface area contributed by atoms with E-state index in [0.29, 0.717) is 16.9 Å². The molecule has 0 radical (unpaired) electrons. The highest BCUT2D eigenvalue weighted by molar-refractivity contribution is 5.93. The second-order valence-corrected chi connectivity index (χ2v) is 4.53. The van der Waals surface area contributed by atoms with Crippen molar-refractivity contribution in [3.05, 3.63) is 65.0 Å². The predicted octanol–water partition coefficient (Wildman–Crippen LogP) is 2.57. The number of aryl methyl sites for hydroxylation is 1. The highest BCUT2D eigenvalue weighted by Crippen LogP contribution is 2.21. The molecular formula is C16H17FN2O2. The van der Waals surface area contributed by atoms with E-state index in [9.17, 15) is 9.18 Å². The van der Waals surface area contributed by atoms with Crippen LogP contribution in [0.4, 0.5) is 4.39 Å². The number of para-hydroxylation sites is 1. The van der Waals surface area contributed by atoms with Crippen LogP contribution >= 0.6 is 0 Å². The summed E-state index contributed by atoms with van der Waals surface area (Å²) in [6.07, 6.45) is 0.828. The lowest BCUT2D eigenvalue weighted by molar-refractivity contribution is 0.0953. The second-order valence-electron chi connectivity index (χ2n) is 4.53. The van der Waals surface area contributed by atoms with Crippen LogP contribution in [0.15, 0.2) is 42.5 Å². The van der Waals surface area contributed by atoms with E-state index >= 15 is 0 Å². The van der Waals surface area contributed by atoms with Crippen LogP contribution in [0.5, 0.6) is 5.75 Å². The summed E-state index contributed by atoms with van der Waals surface area (Å²) in [7, 11) is 0. The number of hydrogen-bond donors (Lipinski definition) is 2. The Kier molecular flexibility index (Phi) is 4.90. The Morgan fingerprint density at radius 1 is 1.24 bits per heavy atom. The van der Waals surface area contributed by atoms with Crippen LogP contribution in [0.1, 0.15) is 28.4 Å². The minimum absolute atomic E-state index is 0.0501. The van der Waals surface area contributed by atoms with Gasteiger partial charge in [-0.05, 0) is 36.2 Å². The molecule has 0 fully saturated rings. The highest BCUT2D eigenvalue weighted by atomic mass is 19.1. The number of nitrogens with two attached hydrogens (primary N) is 1. The lowest BCUT2D eigenvalue weighted by Gasteiger charge is -2.11. The van der Waals surface area contributed by atoms with Gasteiger partial charge in [0.1, 0.15) is 18.2 Å². The molecule has 2 aromatic carbocycles. The maximum atomic E-state index is 13.8. The molecule has 0 saturated carbocycles. The Balaban J connectivity index is 2.17. The lowest BCUT2D eigenvalue weighted by atomic mass is 10.1. The molecule has 0 atom stereocenters. The number of hydrogen-bond acceptors (Lipinski definition) is 3. The van der Waals surface area contributed by atoms with E-state index in [1.165, 1.54) is 18.2 Å². The summed E-state index contributed by atoms with van der Waals surface area (Å²) in [4.78, 5) is 11.5. The topological polar surface area (TPSA) is 64.3 Å². The number of carbonyl (C=O) groups is 1. The van der Waals surface area contributed by atoms with Crippen molar-refractivity contribution < 1.29 is 13.9 Å². The van der Waals surface area contributed by atoms with Crippen molar-refractivity contribution in [2.45, 2.75) is 20.0 Å². The van der Waals surface area contributed by atoms with Gasteiger partial charge in [0, 0.05) is 11.1 Å². The van der Waals surface area contributed by atoms with Crippen LogP contribution in [0.2, 0.25) is 0 Å². The van der Waals surface area contributed by atoms with E-state index in [0.717, 1.165) is 12.0 Å². The Morgan fingerprint density at radius 3 is 2.71 bits per heavy atom. The van der Waals surface area contributed by atoms with Gasteiger partial charge in [-0.3, -0.25) is 10.2 Å². The van der Waals surface area contributed by atoms with E-state index in [-0.39, 0.29) is 6.61 Å². The maximum Gasteiger partial charge on any atom is 0.265 e. The molecule has 1 amide bonds. The van der Waals surface area contributed by atoms with Gasteiger partial charge in [-0.2, -0.15) is 0 Å². The van der Waals surface area contributed by atoms with Crippen LogP contribution in [0, 0.1) is 5.82 Å². The molecule has 3 N–H and O–H groups in total. The SMILES string of the molecule is CCc1ccccc1OCc1cc(C(=O)NN)ccc1F. The van der Waals surface area contributed by atoms with Crippen LogP contribution in [0.3, 0.4) is 0 Å². The Labute approximate surface area is 122 Å². The average Bonchev–Trinajstić information content (AvgIpc) is 2.53. The van der Waals surface area contributed by atoms with Crippen molar-refractivity contribution in [1.82, 2.24) is 5.43 Å². The van der Waals surface area contributed by atoms with Gasteiger partial charge in [0.15, 0.2) is 0 Å². The monoisotopic (exact) mass is 288 g/mol. The molecule has 0 aliphatic rings. The van der Waals surface area contributed by atoms with Crippen molar-refractivity contribution in [3.63, 3.8) is 0 Å². The van der Waals surface area contributed by atoms with Gasteiger partial charge < -0.3 is 4.74 Å². The number of benzene rings is 2. The van der Waals surface area contributed by atoms with Crippen LogP contribution < -0.4 is 16.0 Å². The van der Waals surface area contributed by atoms with Crippen LogP contribution in [-0.2, 0) is 13.0 Å². The quantitative estimate of drug-likeness (QED) is 0.505. The second kappa shape index (κ2) is 6.85. The van der Waals surface area contributed by atoms with Gasteiger partial charge in [0.05, 0.1) is 0 Å². The lowest BCUT2D eigenvalue weighted by Crippen LogP contribution is -2.30. The smallest absolute Gasteiger partial charge is 0.265 e. The molecule has 2 rings (SSSR count). The number of carbonyl (C=O) groups excluding carboxylic acids is 1. The summed E-state index contributed by atoms with van der Waals surface area (Å²) >= 11 is 0. The largest absolute Gasteiger partial charge is 0.489 e. The molecule has 4 nitrogen and oxygen atoms in total. The third-order valence-corrected chi connectivity index (χ3v) is 3.18. The van der Waals surface area contributed by atoms with Crippen molar-refractivity contribution in [2.75, 3.05) is 0 Å². The Hall–Kier alpha value is -2.40. The first-order valence-electron chi connectivity index (χ1n) is 6.65. The fourth-order valence-corrected chi connectivity index (χ4v) is 2.00. The van der Waals surface area contributed by atoms with Gasteiger partial charge in [-0.1, -0.05) is 25.1 Å². The number of halogens is 1. The molecule has 0 spiro atoms. The molecule has 21 heavy (non-hydrogen) atoms. The molecule has 2 aromatic rings. The molecule has 0 saturated heterocycles. The van der Waals surface area contributed by atoms with Gasteiger partial charge in [-0.25, -0.2) is 10.2 Å². The Bertz CT molecular complexity index is 644. The van der Waals surface area contributed by atoms with Crippen molar-refractivity contribution in [2.24, 2.45) is 5.84 Å². The van der Waals surface area contributed by atoms with Gasteiger partial charge >= 0.3 is 0 Å². The summed E-state index contributed by atoms with van der Waals surface area (Å²) in [5, 5.41) is 0. The van der Waals surface area contributed by atoms with Gasteiger partial charge in [-0.15, -0.1) is 0 Å². The summed E-state index contributed by atoms with van der Waals surface area (Å²) in [6.45, 7) is 2.07. The van der Waals surface area contributed by atoms with E-state index in [1.807, 2.05) is 36.6 Å². The van der Waals surface area contributed by atoms with E-state index < -0.39 is 11.7 Å². The number of rotatable bonds is 5. The maximum absolute atomic E-state index is 13.8. The van der Waals surface area contributed by atoms with E-state index in [1.54, 1.807) is 0 Å². The minimum atomic E-state index is -0.467. The third kappa shape index (κ3) is 3.58. The normalized spacial score (nSPS) is 10.2. The summed E-state index contributed by atoms with van der Waals surface area (Å²) in [6, 6.07) is 11.6. The van der Waals surface area contributed by atoms with Crippen molar-refractivity contribution in [1.29, 1.82) is 0 Å². The third-order valence-electron chi connectivity index (χ3n) is 3.18. The first-order chi connectivity index (χ1) is 10.2. The van der Waals surface area contributed by atoms with Gasteiger partial charge in [0.2, 0.25) is 0 Å². The van der Waals surface area contributed by atoms with Crippen LogP contribution in [0.25, 0.3) is 0 Å². The average molecular weight is 288 g/mol. The van der Waals surface area contributed by atoms with Crippen LogP contribution in [-0.4, -0.2) is 5.91 Å². The first-order valence-corrected chi connectivity index (χ1v) is 6.65. The molecule has 5 heteroatoms. The predicted molar refractivity (Wildman–Crippen MR) is 78.2 cm³/mol. The summed E-state index contributed by atoms with van der Waals surface area (Å²) < 4.78 is 19.4. The van der Waals surface area contributed by atoms with Crippen molar-refractivity contribution in [3.8, 4) is 5.75 Å². The molecule has 0 aliphatic carbocycles.